The summed E-state index contributed by atoms with van der Waals surface area (Å²) in [4.78, 5) is 11.8. The van der Waals surface area contributed by atoms with Gasteiger partial charge in [-0.1, -0.05) is 6.92 Å². The number of nitrogens with one attached hydrogen (secondary N) is 1. The fourth-order valence-corrected chi connectivity index (χ4v) is 5.71. The summed E-state index contributed by atoms with van der Waals surface area (Å²) in [6.45, 7) is 2.02. The van der Waals surface area contributed by atoms with E-state index in [4.69, 9.17) is 0 Å². The number of carbonyl (C=O) groups is 1. The molecule has 2 N–H and O–H groups in total. The summed E-state index contributed by atoms with van der Waals surface area (Å²) in [5.74, 6) is 2.85. The van der Waals surface area contributed by atoms with Crippen LogP contribution in [0.15, 0.2) is 0 Å². The lowest BCUT2D eigenvalue weighted by molar-refractivity contribution is -0.157. The van der Waals surface area contributed by atoms with Gasteiger partial charge in [0.05, 0.1) is 0 Å². The van der Waals surface area contributed by atoms with E-state index in [1.165, 1.54) is 32.1 Å². The van der Waals surface area contributed by atoms with Crippen LogP contribution in [0.2, 0.25) is 0 Å². The first kappa shape index (κ1) is 12.5. The van der Waals surface area contributed by atoms with Crippen molar-refractivity contribution >= 4 is 5.97 Å². The first-order chi connectivity index (χ1) is 8.60. The molecule has 4 bridgehead atoms. The number of rotatable bonds is 4. The van der Waals surface area contributed by atoms with Crippen molar-refractivity contribution in [2.45, 2.75) is 51.0 Å². The average Bonchev–Trinajstić information content (AvgIpc) is 2.32. The molecule has 4 fully saturated rings. The van der Waals surface area contributed by atoms with Crippen LogP contribution in [0.4, 0.5) is 0 Å². The number of hydrogen-bond donors (Lipinski definition) is 2. The largest absolute Gasteiger partial charge is 0.480 e. The minimum Gasteiger partial charge on any atom is -0.480 e. The average molecular weight is 251 g/mol. The molecule has 0 spiro atoms. The summed E-state index contributed by atoms with van der Waals surface area (Å²) in [5, 5.41) is 12.9. The number of aliphatic carboxylic acids is 1. The van der Waals surface area contributed by atoms with E-state index < -0.39 is 11.5 Å². The van der Waals surface area contributed by atoms with Gasteiger partial charge in [0, 0.05) is 0 Å². The first-order valence-corrected chi connectivity index (χ1v) is 7.53. The Morgan fingerprint density at radius 3 is 2.00 bits per heavy atom. The van der Waals surface area contributed by atoms with Crippen LogP contribution in [0.25, 0.3) is 0 Å². The maximum Gasteiger partial charge on any atom is 0.324 e. The second kappa shape index (κ2) is 4.22. The molecular formula is C15H25NO2. The summed E-state index contributed by atoms with van der Waals surface area (Å²) in [6, 6.07) is 0. The first-order valence-electron chi connectivity index (χ1n) is 7.53. The molecule has 18 heavy (non-hydrogen) atoms. The molecule has 102 valence electrons. The molecule has 4 aliphatic rings. The van der Waals surface area contributed by atoms with Crippen LogP contribution in [-0.4, -0.2) is 23.7 Å². The molecule has 0 amide bonds. The Hall–Kier alpha value is -0.570. The summed E-state index contributed by atoms with van der Waals surface area (Å²) >= 11 is 0. The van der Waals surface area contributed by atoms with Crippen molar-refractivity contribution in [3.8, 4) is 0 Å². The molecule has 1 unspecified atom stereocenters. The van der Waals surface area contributed by atoms with Gasteiger partial charge in [0.1, 0.15) is 5.54 Å². The second-order valence-electron chi connectivity index (χ2n) is 6.84. The van der Waals surface area contributed by atoms with Crippen LogP contribution >= 0.6 is 0 Å². The summed E-state index contributed by atoms with van der Waals surface area (Å²) < 4.78 is 0. The summed E-state index contributed by atoms with van der Waals surface area (Å²) in [7, 11) is 1.84. The van der Waals surface area contributed by atoms with Crippen LogP contribution in [0.5, 0.6) is 0 Å². The van der Waals surface area contributed by atoms with Crippen LogP contribution in [-0.2, 0) is 4.79 Å². The summed E-state index contributed by atoms with van der Waals surface area (Å²) in [6.07, 6.45) is 7.27. The van der Waals surface area contributed by atoms with Gasteiger partial charge in [0.15, 0.2) is 0 Å². The molecule has 0 aromatic heterocycles. The van der Waals surface area contributed by atoms with Crippen LogP contribution < -0.4 is 5.32 Å². The summed E-state index contributed by atoms with van der Waals surface area (Å²) in [5.41, 5.74) is -0.678. The van der Waals surface area contributed by atoms with Crippen LogP contribution in [0, 0.1) is 29.6 Å². The van der Waals surface area contributed by atoms with Crippen molar-refractivity contribution in [3.05, 3.63) is 0 Å². The number of carboxylic acid groups (broad SMARTS) is 1. The lowest BCUT2D eigenvalue weighted by Gasteiger charge is -2.58. The van der Waals surface area contributed by atoms with Gasteiger partial charge in [-0.25, -0.2) is 0 Å². The molecule has 0 saturated heterocycles. The van der Waals surface area contributed by atoms with Crippen molar-refractivity contribution in [3.63, 3.8) is 0 Å². The molecule has 0 aliphatic heterocycles. The van der Waals surface area contributed by atoms with Gasteiger partial charge in [-0.15, -0.1) is 0 Å². The van der Waals surface area contributed by atoms with Crippen molar-refractivity contribution < 1.29 is 9.90 Å². The van der Waals surface area contributed by atoms with E-state index in [-0.39, 0.29) is 0 Å². The SMILES string of the molecule is CCC(NC)(C(=O)O)C1C2CC3CC(C2)CC1C3. The van der Waals surface area contributed by atoms with Crippen molar-refractivity contribution in [2.75, 3.05) is 7.05 Å². The van der Waals surface area contributed by atoms with Gasteiger partial charge in [-0.2, -0.15) is 0 Å². The molecule has 0 heterocycles. The number of hydrogen-bond acceptors (Lipinski definition) is 2. The molecule has 0 aromatic carbocycles. The van der Waals surface area contributed by atoms with E-state index in [1.807, 2.05) is 14.0 Å². The highest BCUT2D eigenvalue weighted by atomic mass is 16.4. The zero-order valence-corrected chi connectivity index (χ0v) is 11.5. The predicted molar refractivity (Wildman–Crippen MR) is 70.3 cm³/mol. The monoisotopic (exact) mass is 251 g/mol. The standard InChI is InChI=1S/C15H25NO2/c1-3-15(16-2,14(17)18)13-11-5-9-4-10(7-11)8-12(13)6-9/h9-13,16H,3-8H2,1-2H3,(H,17,18). The Balaban J connectivity index is 1.93. The molecule has 4 rings (SSSR count). The Labute approximate surface area is 109 Å². The van der Waals surface area contributed by atoms with Gasteiger partial charge in [0.2, 0.25) is 0 Å². The molecule has 4 aliphatic carbocycles. The van der Waals surface area contributed by atoms with E-state index in [1.54, 1.807) is 0 Å². The van der Waals surface area contributed by atoms with Crippen LogP contribution in [0.1, 0.15) is 45.4 Å². The normalized spacial score (nSPS) is 44.9. The zero-order valence-electron chi connectivity index (χ0n) is 11.5. The van der Waals surface area contributed by atoms with Crippen molar-refractivity contribution in [1.29, 1.82) is 0 Å². The highest BCUT2D eigenvalue weighted by molar-refractivity contribution is 5.79. The van der Waals surface area contributed by atoms with Gasteiger partial charge >= 0.3 is 5.97 Å². The lowest BCUT2D eigenvalue weighted by Crippen LogP contribution is -2.63. The Kier molecular flexibility index (Phi) is 2.92. The molecule has 4 saturated carbocycles. The molecule has 0 aromatic rings. The fourth-order valence-electron chi connectivity index (χ4n) is 5.71. The molecular weight excluding hydrogens is 226 g/mol. The predicted octanol–water partition coefficient (Wildman–Crippen LogP) is 2.51. The third kappa shape index (κ3) is 1.56. The Bertz CT molecular complexity index is 320. The molecule has 1 atom stereocenters. The van der Waals surface area contributed by atoms with Crippen molar-refractivity contribution in [2.24, 2.45) is 29.6 Å². The van der Waals surface area contributed by atoms with Gasteiger partial charge in [-0.05, 0) is 75.2 Å². The van der Waals surface area contributed by atoms with E-state index in [0.29, 0.717) is 24.2 Å². The minimum atomic E-state index is -0.678. The zero-order chi connectivity index (χ0) is 12.9. The Morgan fingerprint density at radius 1 is 1.17 bits per heavy atom. The Morgan fingerprint density at radius 2 is 1.67 bits per heavy atom. The topological polar surface area (TPSA) is 49.3 Å². The fraction of sp³-hybridized carbons (Fsp3) is 0.933. The van der Waals surface area contributed by atoms with E-state index in [9.17, 15) is 9.90 Å². The van der Waals surface area contributed by atoms with E-state index in [2.05, 4.69) is 5.32 Å². The smallest absolute Gasteiger partial charge is 0.324 e. The number of carboxylic acids is 1. The van der Waals surface area contributed by atoms with Gasteiger partial charge in [-0.3, -0.25) is 4.79 Å². The highest BCUT2D eigenvalue weighted by Crippen LogP contribution is 2.59. The lowest BCUT2D eigenvalue weighted by atomic mass is 9.48. The molecule has 3 nitrogen and oxygen atoms in total. The number of likely N-dealkylation sites (N-methyl/N-ethyl adjacent to an activating group) is 1. The second-order valence-corrected chi connectivity index (χ2v) is 6.84. The maximum absolute atomic E-state index is 11.8. The third-order valence-corrected chi connectivity index (χ3v) is 6.18. The third-order valence-electron chi connectivity index (χ3n) is 6.18. The minimum absolute atomic E-state index is 0.359. The van der Waals surface area contributed by atoms with Gasteiger partial charge < -0.3 is 10.4 Å². The maximum atomic E-state index is 11.8. The van der Waals surface area contributed by atoms with Crippen LogP contribution in [0.3, 0.4) is 0 Å². The molecule has 3 heteroatoms. The quantitative estimate of drug-likeness (QED) is 0.807. The van der Waals surface area contributed by atoms with E-state index >= 15 is 0 Å². The van der Waals surface area contributed by atoms with Crippen molar-refractivity contribution in [1.82, 2.24) is 5.32 Å². The molecule has 0 radical (unpaired) electrons. The van der Waals surface area contributed by atoms with E-state index in [0.717, 1.165) is 11.8 Å². The highest BCUT2D eigenvalue weighted by Gasteiger charge is 2.57. The van der Waals surface area contributed by atoms with Gasteiger partial charge in [0.25, 0.3) is 0 Å².